The van der Waals surface area contributed by atoms with E-state index in [1.807, 2.05) is 6.07 Å². The van der Waals surface area contributed by atoms with Gasteiger partial charge in [0.2, 0.25) is 5.91 Å². The molecule has 1 N–H and O–H groups in total. The van der Waals surface area contributed by atoms with Crippen molar-refractivity contribution in [1.82, 2.24) is 10.2 Å². The average molecular weight is 383 g/mol. The highest BCUT2D eigenvalue weighted by Gasteiger charge is 2.24. The van der Waals surface area contributed by atoms with Crippen LogP contribution < -0.4 is 5.32 Å². The zero-order chi connectivity index (χ0) is 16.9. The van der Waals surface area contributed by atoms with Crippen LogP contribution in [0.15, 0.2) is 35.7 Å². The fourth-order valence-electron chi connectivity index (χ4n) is 3.05. The van der Waals surface area contributed by atoms with Crippen molar-refractivity contribution in [2.75, 3.05) is 19.6 Å². The number of thiophene rings is 1. The number of rotatable bonds is 6. The number of likely N-dealkylation sites (tertiary alicyclic amines) is 1. The molecule has 2 aromatic rings. The summed E-state index contributed by atoms with van der Waals surface area (Å²) < 4.78 is 0. The lowest BCUT2D eigenvalue weighted by molar-refractivity contribution is -0.120. The number of carbonyl (C=O) groups excluding carboxylic acids is 1. The van der Waals surface area contributed by atoms with Crippen molar-refractivity contribution in [3.8, 4) is 0 Å². The first-order valence-electron chi connectivity index (χ1n) is 8.11. The summed E-state index contributed by atoms with van der Waals surface area (Å²) in [5, 5.41) is 6.16. The van der Waals surface area contributed by atoms with Gasteiger partial charge in [-0.2, -0.15) is 0 Å². The molecule has 6 heteroatoms. The van der Waals surface area contributed by atoms with Crippen molar-refractivity contribution in [2.45, 2.75) is 25.3 Å². The van der Waals surface area contributed by atoms with E-state index in [-0.39, 0.29) is 11.9 Å². The summed E-state index contributed by atoms with van der Waals surface area (Å²) in [4.78, 5) is 16.1. The van der Waals surface area contributed by atoms with Gasteiger partial charge in [0.1, 0.15) is 0 Å². The lowest BCUT2D eigenvalue weighted by atomic mass is 10.1. The molecule has 3 rings (SSSR count). The van der Waals surface area contributed by atoms with Crippen molar-refractivity contribution in [1.29, 1.82) is 0 Å². The number of benzene rings is 1. The molecule has 24 heavy (non-hydrogen) atoms. The zero-order valence-electron chi connectivity index (χ0n) is 13.3. The summed E-state index contributed by atoms with van der Waals surface area (Å²) in [7, 11) is 0. The summed E-state index contributed by atoms with van der Waals surface area (Å²) in [5.41, 5.74) is 0.871. The van der Waals surface area contributed by atoms with Gasteiger partial charge in [-0.25, -0.2) is 0 Å². The predicted octanol–water partition coefficient (Wildman–Crippen LogP) is 4.55. The van der Waals surface area contributed by atoms with Crippen LogP contribution in [-0.4, -0.2) is 30.4 Å². The molecule has 128 valence electrons. The molecule has 1 atom stereocenters. The number of nitrogens with zero attached hydrogens (tertiary/aromatic N) is 1. The molecule has 1 aromatic heterocycles. The Bertz CT molecular complexity index is 684. The standard InChI is InChI=1S/C18H20Cl2N2OS/c19-14-6-5-13(10-15(14)20)11-18(23)21-12-16(17-4-3-9-24-17)22-7-1-2-8-22/h3-6,9-10,16H,1-2,7-8,11-12H2,(H,21,23). The summed E-state index contributed by atoms with van der Waals surface area (Å²) in [6.45, 7) is 2.84. The van der Waals surface area contributed by atoms with Crippen LogP contribution >= 0.6 is 34.5 Å². The van der Waals surface area contributed by atoms with E-state index in [4.69, 9.17) is 23.2 Å². The van der Waals surface area contributed by atoms with Crippen LogP contribution in [0.25, 0.3) is 0 Å². The van der Waals surface area contributed by atoms with Gasteiger partial charge in [-0.1, -0.05) is 35.3 Å². The van der Waals surface area contributed by atoms with Crippen molar-refractivity contribution in [3.05, 3.63) is 56.2 Å². The summed E-state index contributed by atoms with van der Waals surface area (Å²) in [5.74, 6) is 0.00846. The fourth-order valence-corrected chi connectivity index (χ4v) is 4.23. The van der Waals surface area contributed by atoms with Crippen LogP contribution in [0.5, 0.6) is 0 Å². The molecular weight excluding hydrogens is 363 g/mol. The SMILES string of the molecule is O=C(Cc1ccc(Cl)c(Cl)c1)NCC(c1cccs1)N1CCCC1. The third kappa shape index (κ3) is 4.51. The fraction of sp³-hybridized carbons (Fsp3) is 0.389. The number of carbonyl (C=O) groups is 1. The molecule has 1 amide bonds. The molecule has 3 nitrogen and oxygen atoms in total. The lowest BCUT2D eigenvalue weighted by Gasteiger charge is -2.27. The van der Waals surface area contributed by atoms with Crippen molar-refractivity contribution < 1.29 is 4.79 Å². The first kappa shape index (κ1) is 17.7. The van der Waals surface area contributed by atoms with E-state index in [9.17, 15) is 4.79 Å². The van der Waals surface area contributed by atoms with Crippen LogP contribution in [0.4, 0.5) is 0 Å². The van der Waals surface area contributed by atoms with Gasteiger partial charge in [0.25, 0.3) is 0 Å². The topological polar surface area (TPSA) is 32.3 Å². The van der Waals surface area contributed by atoms with Crippen molar-refractivity contribution in [2.24, 2.45) is 0 Å². The number of halogens is 2. The molecule has 1 unspecified atom stereocenters. The molecule has 1 aromatic carbocycles. The highest BCUT2D eigenvalue weighted by molar-refractivity contribution is 7.10. The molecule has 1 aliphatic heterocycles. The average Bonchev–Trinajstić information content (AvgIpc) is 3.25. The van der Waals surface area contributed by atoms with Crippen LogP contribution in [0.3, 0.4) is 0 Å². The third-order valence-corrected chi connectivity index (χ3v) is 6.01. The Morgan fingerprint density at radius 3 is 2.67 bits per heavy atom. The Hall–Kier alpha value is -1.07. The molecule has 1 aliphatic rings. The van der Waals surface area contributed by atoms with E-state index in [1.165, 1.54) is 17.7 Å². The van der Waals surface area contributed by atoms with E-state index >= 15 is 0 Å². The molecule has 1 saturated heterocycles. The normalized spacial score (nSPS) is 16.2. The maximum Gasteiger partial charge on any atom is 0.224 e. The van der Waals surface area contributed by atoms with Gasteiger partial charge in [-0.15, -0.1) is 11.3 Å². The summed E-state index contributed by atoms with van der Waals surface area (Å²) in [6, 6.07) is 9.81. The smallest absolute Gasteiger partial charge is 0.224 e. The molecule has 0 radical (unpaired) electrons. The van der Waals surface area contributed by atoms with Gasteiger partial charge in [0.15, 0.2) is 0 Å². The third-order valence-electron chi connectivity index (χ3n) is 4.29. The number of nitrogens with one attached hydrogen (secondary N) is 1. The quantitative estimate of drug-likeness (QED) is 0.794. The lowest BCUT2D eigenvalue weighted by Crippen LogP contribution is -2.37. The second-order valence-corrected chi connectivity index (χ2v) is 7.80. The highest BCUT2D eigenvalue weighted by Crippen LogP contribution is 2.28. The second-order valence-electron chi connectivity index (χ2n) is 6.00. The van der Waals surface area contributed by atoms with E-state index in [0.717, 1.165) is 18.7 Å². The minimum absolute atomic E-state index is 0.00846. The second kappa shape index (κ2) is 8.34. The van der Waals surface area contributed by atoms with Gasteiger partial charge < -0.3 is 5.32 Å². The summed E-state index contributed by atoms with van der Waals surface area (Å²) >= 11 is 13.7. The van der Waals surface area contributed by atoms with Crippen LogP contribution in [0.1, 0.15) is 29.3 Å². The molecule has 2 heterocycles. The number of hydrogen-bond acceptors (Lipinski definition) is 3. The van der Waals surface area contributed by atoms with Crippen molar-refractivity contribution in [3.63, 3.8) is 0 Å². The first-order chi connectivity index (χ1) is 11.6. The maximum atomic E-state index is 12.3. The molecule has 0 spiro atoms. The Morgan fingerprint density at radius 2 is 2.00 bits per heavy atom. The van der Waals surface area contributed by atoms with Gasteiger partial charge in [-0.05, 0) is 55.1 Å². The Labute approximate surface area is 156 Å². The number of hydrogen-bond donors (Lipinski definition) is 1. The Kier molecular flexibility index (Phi) is 6.17. The molecule has 1 fully saturated rings. The van der Waals surface area contributed by atoms with Gasteiger partial charge >= 0.3 is 0 Å². The van der Waals surface area contributed by atoms with Crippen LogP contribution in [0.2, 0.25) is 10.0 Å². The monoisotopic (exact) mass is 382 g/mol. The molecular formula is C18H20Cl2N2OS. The maximum absolute atomic E-state index is 12.3. The molecule has 0 bridgehead atoms. The van der Waals surface area contributed by atoms with E-state index in [0.29, 0.717) is 23.0 Å². The van der Waals surface area contributed by atoms with Crippen molar-refractivity contribution >= 4 is 40.4 Å². The largest absolute Gasteiger partial charge is 0.354 e. The van der Waals surface area contributed by atoms with Gasteiger partial charge in [0, 0.05) is 11.4 Å². The van der Waals surface area contributed by atoms with Gasteiger partial charge in [0.05, 0.1) is 22.5 Å². The first-order valence-corrected chi connectivity index (χ1v) is 9.75. The molecule has 0 saturated carbocycles. The van der Waals surface area contributed by atoms with Crippen LogP contribution in [0, 0.1) is 0 Å². The minimum atomic E-state index is 0.00846. The van der Waals surface area contributed by atoms with Gasteiger partial charge in [-0.3, -0.25) is 9.69 Å². The van der Waals surface area contributed by atoms with E-state index in [1.54, 1.807) is 23.5 Å². The number of amides is 1. The zero-order valence-corrected chi connectivity index (χ0v) is 15.6. The van der Waals surface area contributed by atoms with Crippen LogP contribution in [-0.2, 0) is 11.2 Å². The highest BCUT2D eigenvalue weighted by atomic mass is 35.5. The van der Waals surface area contributed by atoms with E-state index < -0.39 is 0 Å². The Balaban J connectivity index is 1.59. The summed E-state index contributed by atoms with van der Waals surface area (Å²) in [6.07, 6.45) is 2.78. The predicted molar refractivity (Wildman–Crippen MR) is 101 cm³/mol. The Morgan fingerprint density at radius 1 is 1.21 bits per heavy atom. The van der Waals surface area contributed by atoms with E-state index in [2.05, 4.69) is 27.7 Å². The molecule has 0 aliphatic carbocycles. The minimum Gasteiger partial charge on any atom is -0.354 e.